The predicted octanol–water partition coefficient (Wildman–Crippen LogP) is 3.43. The van der Waals surface area contributed by atoms with Gasteiger partial charge in [0, 0.05) is 6.54 Å². The Labute approximate surface area is 160 Å². The summed E-state index contributed by atoms with van der Waals surface area (Å²) in [6.45, 7) is 7.09. The second-order valence-electron chi connectivity index (χ2n) is 8.49. The van der Waals surface area contributed by atoms with Gasteiger partial charge < -0.3 is 19.5 Å². The van der Waals surface area contributed by atoms with Crippen molar-refractivity contribution in [3.63, 3.8) is 0 Å². The van der Waals surface area contributed by atoms with Crippen LogP contribution >= 0.6 is 0 Å². The third-order valence-corrected chi connectivity index (χ3v) is 5.56. The van der Waals surface area contributed by atoms with Gasteiger partial charge in [0.1, 0.15) is 0 Å². The zero-order chi connectivity index (χ0) is 19.4. The van der Waals surface area contributed by atoms with Crippen LogP contribution in [-0.4, -0.2) is 25.3 Å². The average Bonchev–Trinajstić information content (AvgIpc) is 3.11. The van der Waals surface area contributed by atoms with E-state index in [1.807, 2.05) is 18.2 Å². The molecule has 0 aromatic heterocycles. The van der Waals surface area contributed by atoms with E-state index in [9.17, 15) is 9.59 Å². The summed E-state index contributed by atoms with van der Waals surface area (Å²) in [7, 11) is 0. The van der Waals surface area contributed by atoms with Gasteiger partial charge in [0.05, 0.1) is 5.92 Å². The number of ether oxygens (including phenoxy) is 3. The first-order valence-corrected chi connectivity index (χ1v) is 9.65. The van der Waals surface area contributed by atoms with Gasteiger partial charge in [-0.15, -0.1) is 0 Å². The van der Waals surface area contributed by atoms with Crippen molar-refractivity contribution in [3.8, 4) is 11.5 Å². The highest BCUT2D eigenvalue weighted by atomic mass is 16.7. The molecule has 2 aliphatic rings. The number of hydrogen-bond donors (Lipinski definition) is 1. The number of amides is 1. The van der Waals surface area contributed by atoms with Crippen molar-refractivity contribution in [3.05, 3.63) is 23.8 Å². The van der Waals surface area contributed by atoms with Gasteiger partial charge in [-0.2, -0.15) is 0 Å². The summed E-state index contributed by atoms with van der Waals surface area (Å²) in [4.78, 5) is 24.2. The standard InChI is InChI=1S/C21H29NO5/c1-21(2,3)16-7-5-15(6-8-16)20(24)25-12-19(23)22-11-14-4-9-17-18(10-14)27-13-26-17/h4,9-10,15-16H,5-8,11-13H2,1-3H3,(H,22,23). The van der Waals surface area contributed by atoms with Crippen molar-refractivity contribution >= 4 is 11.9 Å². The maximum absolute atomic E-state index is 12.2. The molecule has 0 bridgehead atoms. The van der Waals surface area contributed by atoms with Crippen molar-refractivity contribution in [2.75, 3.05) is 13.4 Å². The van der Waals surface area contributed by atoms with E-state index in [-0.39, 0.29) is 36.6 Å². The molecule has 1 fully saturated rings. The predicted molar refractivity (Wildman–Crippen MR) is 100 cm³/mol. The van der Waals surface area contributed by atoms with Crippen LogP contribution < -0.4 is 14.8 Å². The first-order valence-electron chi connectivity index (χ1n) is 9.65. The number of carbonyl (C=O) groups is 2. The molecule has 1 aliphatic heterocycles. The first kappa shape index (κ1) is 19.5. The summed E-state index contributed by atoms with van der Waals surface area (Å²) in [6.07, 6.45) is 3.78. The maximum atomic E-state index is 12.2. The van der Waals surface area contributed by atoms with Gasteiger partial charge >= 0.3 is 5.97 Å². The van der Waals surface area contributed by atoms with E-state index >= 15 is 0 Å². The number of hydrogen-bond acceptors (Lipinski definition) is 5. The Morgan fingerprint density at radius 3 is 2.52 bits per heavy atom. The summed E-state index contributed by atoms with van der Waals surface area (Å²) in [5.74, 6) is 1.40. The second kappa shape index (κ2) is 8.19. The normalized spacial score (nSPS) is 21.6. The highest BCUT2D eigenvalue weighted by Crippen LogP contribution is 2.40. The Morgan fingerprint density at radius 1 is 1.11 bits per heavy atom. The Bertz CT molecular complexity index is 686. The third kappa shape index (κ3) is 5.15. The highest BCUT2D eigenvalue weighted by molar-refractivity contribution is 5.81. The van der Waals surface area contributed by atoms with Gasteiger partial charge in [0.15, 0.2) is 18.1 Å². The molecule has 27 heavy (non-hydrogen) atoms. The minimum atomic E-state index is -0.301. The van der Waals surface area contributed by atoms with Gasteiger partial charge in [-0.25, -0.2) is 0 Å². The molecule has 148 valence electrons. The molecule has 1 aromatic rings. The molecule has 1 heterocycles. The molecular weight excluding hydrogens is 346 g/mol. The van der Waals surface area contributed by atoms with Gasteiger partial charge in [-0.1, -0.05) is 26.8 Å². The van der Waals surface area contributed by atoms with E-state index in [2.05, 4.69) is 26.1 Å². The quantitative estimate of drug-likeness (QED) is 0.798. The zero-order valence-corrected chi connectivity index (χ0v) is 16.4. The number of carbonyl (C=O) groups excluding carboxylic acids is 2. The summed E-state index contributed by atoms with van der Waals surface area (Å²) >= 11 is 0. The molecule has 1 saturated carbocycles. The largest absolute Gasteiger partial charge is 0.455 e. The van der Waals surface area contributed by atoms with Gasteiger partial charge in [0.2, 0.25) is 6.79 Å². The minimum absolute atomic E-state index is 0.0785. The van der Waals surface area contributed by atoms with E-state index in [1.165, 1.54) is 0 Å². The van der Waals surface area contributed by atoms with E-state index in [4.69, 9.17) is 14.2 Å². The third-order valence-electron chi connectivity index (χ3n) is 5.56. The van der Waals surface area contributed by atoms with Crippen molar-refractivity contribution in [2.45, 2.75) is 53.0 Å². The van der Waals surface area contributed by atoms with Crippen LogP contribution in [0.2, 0.25) is 0 Å². The summed E-state index contributed by atoms with van der Waals surface area (Å²) < 4.78 is 15.8. The lowest BCUT2D eigenvalue weighted by Gasteiger charge is -2.36. The molecule has 1 aromatic carbocycles. The number of benzene rings is 1. The van der Waals surface area contributed by atoms with Crippen LogP contribution in [0.25, 0.3) is 0 Å². The van der Waals surface area contributed by atoms with E-state index in [0.29, 0.717) is 24.0 Å². The van der Waals surface area contributed by atoms with Crippen molar-refractivity contribution in [1.29, 1.82) is 0 Å². The van der Waals surface area contributed by atoms with E-state index in [0.717, 1.165) is 31.2 Å². The lowest BCUT2D eigenvalue weighted by molar-refractivity contribution is -0.154. The van der Waals surface area contributed by atoms with Gasteiger partial charge in [-0.05, 0) is 54.7 Å². The molecule has 0 spiro atoms. The minimum Gasteiger partial charge on any atom is -0.455 e. The molecule has 0 atom stereocenters. The van der Waals surface area contributed by atoms with E-state index < -0.39 is 0 Å². The van der Waals surface area contributed by atoms with E-state index in [1.54, 1.807) is 0 Å². The fourth-order valence-electron chi connectivity index (χ4n) is 3.75. The molecule has 6 heteroatoms. The van der Waals surface area contributed by atoms with Crippen LogP contribution in [0.15, 0.2) is 18.2 Å². The lowest BCUT2D eigenvalue weighted by atomic mass is 9.70. The summed E-state index contributed by atoms with van der Waals surface area (Å²) in [5, 5.41) is 2.76. The van der Waals surface area contributed by atoms with Crippen LogP contribution in [-0.2, 0) is 20.9 Å². The molecule has 1 amide bonds. The molecule has 0 radical (unpaired) electrons. The molecule has 0 saturated heterocycles. The monoisotopic (exact) mass is 375 g/mol. The highest BCUT2D eigenvalue weighted by Gasteiger charge is 2.33. The van der Waals surface area contributed by atoms with Crippen LogP contribution in [0, 0.1) is 17.3 Å². The van der Waals surface area contributed by atoms with Crippen molar-refractivity contribution < 1.29 is 23.8 Å². The Kier molecular flexibility index (Phi) is 5.92. The molecule has 3 rings (SSSR count). The van der Waals surface area contributed by atoms with Gasteiger partial charge in [0.25, 0.3) is 5.91 Å². The van der Waals surface area contributed by atoms with Crippen molar-refractivity contribution in [1.82, 2.24) is 5.32 Å². The van der Waals surface area contributed by atoms with Crippen LogP contribution in [0.1, 0.15) is 52.0 Å². The molecule has 1 aliphatic carbocycles. The summed E-state index contributed by atoms with van der Waals surface area (Å²) in [6, 6.07) is 5.52. The van der Waals surface area contributed by atoms with Crippen molar-refractivity contribution in [2.24, 2.45) is 17.3 Å². The molecule has 1 N–H and O–H groups in total. The topological polar surface area (TPSA) is 73.9 Å². The van der Waals surface area contributed by atoms with Gasteiger partial charge in [-0.3, -0.25) is 9.59 Å². The van der Waals surface area contributed by atoms with Crippen LogP contribution in [0.3, 0.4) is 0 Å². The fourth-order valence-corrected chi connectivity index (χ4v) is 3.75. The number of esters is 1. The van der Waals surface area contributed by atoms with Crippen LogP contribution in [0.4, 0.5) is 0 Å². The fraction of sp³-hybridized carbons (Fsp3) is 0.619. The maximum Gasteiger partial charge on any atom is 0.309 e. The summed E-state index contributed by atoms with van der Waals surface area (Å²) in [5.41, 5.74) is 1.18. The SMILES string of the molecule is CC(C)(C)C1CCC(C(=O)OCC(=O)NCc2ccc3c(c2)OCO3)CC1. The Balaban J connectivity index is 1.37. The molecular formula is C21H29NO5. The lowest BCUT2D eigenvalue weighted by Crippen LogP contribution is -2.32. The molecule has 6 nitrogen and oxygen atoms in total. The average molecular weight is 375 g/mol. The Hall–Kier alpha value is -2.24. The number of rotatable bonds is 5. The number of nitrogens with one attached hydrogen (secondary N) is 1. The number of fused-ring (bicyclic) bond motifs is 1. The Morgan fingerprint density at radius 2 is 1.81 bits per heavy atom. The smallest absolute Gasteiger partial charge is 0.309 e. The van der Waals surface area contributed by atoms with Crippen LogP contribution in [0.5, 0.6) is 11.5 Å². The second-order valence-corrected chi connectivity index (χ2v) is 8.49. The first-order chi connectivity index (χ1) is 12.8. The molecule has 0 unspecified atom stereocenters. The zero-order valence-electron chi connectivity index (χ0n) is 16.4.